The van der Waals surface area contributed by atoms with Gasteiger partial charge >= 0.3 is 0 Å². The smallest absolute Gasteiger partial charge is 0.283 e. The number of ether oxygens (including phenoxy) is 1. The molecule has 7 heteroatoms. The molecule has 0 atom stereocenters. The van der Waals surface area contributed by atoms with Crippen LogP contribution in [0.5, 0.6) is 0 Å². The number of carbonyl (C=O) groups excluding carboxylic acids is 1. The van der Waals surface area contributed by atoms with Crippen LogP contribution >= 0.6 is 23.8 Å². The van der Waals surface area contributed by atoms with Gasteiger partial charge in [-0.1, -0.05) is 23.8 Å². The number of halogens is 1. The lowest BCUT2D eigenvalue weighted by atomic mass is 10.3. The molecule has 1 aliphatic heterocycles. The molecule has 2 heterocycles. The maximum atomic E-state index is 11.9. The Morgan fingerprint density at radius 1 is 1.50 bits per heavy atom. The zero-order valence-corrected chi connectivity index (χ0v) is 11.1. The normalized spacial score (nSPS) is 15.3. The molecule has 18 heavy (non-hydrogen) atoms. The Hall–Kier alpha value is -1.24. The predicted octanol–water partition coefficient (Wildman–Crippen LogP) is 1.33. The Kier molecular flexibility index (Phi) is 4.46. The average molecular weight is 286 g/mol. The first-order chi connectivity index (χ1) is 8.68. The van der Waals surface area contributed by atoms with Crippen LogP contribution in [-0.4, -0.2) is 47.1 Å². The van der Waals surface area contributed by atoms with E-state index in [1.807, 2.05) is 4.90 Å². The number of morpholine rings is 1. The van der Waals surface area contributed by atoms with E-state index in [2.05, 4.69) is 10.3 Å². The molecule has 1 aromatic rings. The second-order valence-corrected chi connectivity index (χ2v) is 4.45. The number of pyridine rings is 1. The highest BCUT2D eigenvalue weighted by molar-refractivity contribution is 7.82. The molecule has 2 rings (SSSR count). The van der Waals surface area contributed by atoms with Gasteiger partial charge in [-0.25, -0.2) is 4.98 Å². The number of anilines is 1. The highest BCUT2D eigenvalue weighted by Gasteiger charge is 2.20. The summed E-state index contributed by atoms with van der Waals surface area (Å²) >= 11 is 11.0. The van der Waals surface area contributed by atoms with E-state index in [0.717, 1.165) is 0 Å². The molecule has 5 nitrogen and oxygen atoms in total. The van der Waals surface area contributed by atoms with E-state index in [1.54, 1.807) is 18.3 Å². The molecule has 1 saturated heterocycles. The van der Waals surface area contributed by atoms with Crippen LogP contribution < -0.4 is 5.32 Å². The average Bonchev–Trinajstić information content (AvgIpc) is 2.41. The van der Waals surface area contributed by atoms with E-state index >= 15 is 0 Å². The molecule has 96 valence electrons. The quantitative estimate of drug-likeness (QED) is 0.623. The Morgan fingerprint density at radius 2 is 2.22 bits per heavy atom. The van der Waals surface area contributed by atoms with Crippen molar-refractivity contribution in [2.24, 2.45) is 0 Å². The SMILES string of the molecule is O=C(Nc1cccnc1Cl)C(=S)N1CCOCC1. The third-order valence-corrected chi connectivity index (χ3v) is 3.24. The van der Waals surface area contributed by atoms with Gasteiger partial charge in [0.25, 0.3) is 5.91 Å². The summed E-state index contributed by atoms with van der Waals surface area (Å²) in [4.78, 5) is 17.9. The van der Waals surface area contributed by atoms with Crippen LogP contribution in [0, 0.1) is 0 Å². The molecule has 1 fully saturated rings. The van der Waals surface area contributed by atoms with Crippen molar-refractivity contribution in [1.29, 1.82) is 0 Å². The standard InChI is InChI=1S/C11H12ClN3O2S/c12-9-8(2-1-3-13-9)14-10(16)11(18)15-4-6-17-7-5-15/h1-3H,4-7H2,(H,14,16). The lowest BCUT2D eigenvalue weighted by Gasteiger charge is -2.28. The molecule has 0 radical (unpaired) electrons. The summed E-state index contributed by atoms with van der Waals surface area (Å²) < 4.78 is 5.20. The highest BCUT2D eigenvalue weighted by Crippen LogP contribution is 2.17. The summed E-state index contributed by atoms with van der Waals surface area (Å²) in [6, 6.07) is 3.37. The third-order valence-electron chi connectivity index (χ3n) is 2.50. The lowest BCUT2D eigenvalue weighted by Crippen LogP contribution is -2.44. The fraction of sp³-hybridized carbons (Fsp3) is 0.364. The minimum absolute atomic E-state index is 0.246. The largest absolute Gasteiger partial charge is 0.378 e. The minimum atomic E-state index is -0.346. The number of hydrogen-bond acceptors (Lipinski definition) is 4. The Morgan fingerprint density at radius 3 is 2.89 bits per heavy atom. The summed E-state index contributed by atoms with van der Waals surface area (Å²) in [5.41, 5.74) is 0.458. The van der Waals surface area contributed by atoms with Crippen LogP contribution in [0.25, 0.3) is 0 Å². The van der Waals surface area contributed by atoms with Crippen LogP contribution in [0.2, 0.25) is 5.15 Å². The van der Waals surface area contributed by atoms with E-state index in [0.29, 0.717) is 32.0 Å². The van der Waals surface area contributed by atoms with Gasteiger partial charge in [0, 0.05) is 19.3 Å². The number of nitrogens with zero attached hydrogens (tertiary/aromatic N) is 2. The molecular weight excluding hydrogens is 274 g/mol. The van der Waals surface area contributed by atoms with Gasteiger partial charge in [0.2, 0.25) is 0 Å². The van der Waals surface area contributed by atoms with Crippen LogP contribution in [0.15, 0.2) is 18.3 Å². The van der Waals surface area contributed by atoms with E-state index in [9.17, 15) is 4.79 Å². The fourth-order valence-corrected chi connectivity index (χ4v) is 1.97. The number of nitrogens with one attached hydrogen (secondary N) is 1. The molecule has 0 spiro atoms. The van der Waals surface area contributed by atoms with E-state index < -0.39 is 0 Å². The second-order valence-electron chi connectivity index (χ2n) is 3.70. The van der Waals surface area contributed by atoms with Gasteiger partial charge < -0.3 is 15.0 Å². The molecule has 1 aliphatic rings. The van der Waals surface area contributed by atoms with E-state index in [4.69, 9.17) is 28.6 Å². The van der Waals surface area contributed by atoms with Crippen molar-refractivity contribution in [3.63, 3.8) is 0 Å². The van der Waals surface area contributed by atoms with Crippen LogP contribution in [0.3, 0.4) is 0 Å². The summed E-state index contributed by atoms with van der Waals surface area (Å²) in [5, 5.41) is 2.90. The van der Waals surface area contributed by atoms with Crippen molar-refractivity contribution in [1.82, 2.24) is 9.88 Å². The Bertz CT molecular complexity index is 463. The van der Waals surface area contributed by atoms with Crippen molar-refractivity contribution >= 4 is 40.4 Å². The number of rotatable bonds is 1. The summed E-state index contributed by atoms with van der Waals surface area (Å²) in [6.45, 7) is 2.43. The van der Waals surface area contributed by atoms with Gasteiger partial charge in [-0.15, -0.1) is 0 Å². The number of aromatic nitrogens is 1. The van der Waals surface area contributed by atoms with Crippen molar-refractivity contribution in [2.75, 3.05) is 31.6 Å². The molecule has 1 amide bonds. The molecular formula is C11H12ClN3O2S. The molecule has 0 aliphatic carbocycles. The maximum absolute atomic E-state index is 11.9. The predicted molar refractivity (Wildman–Crippen MR) is 72.9 cm³/mol. The molecule has 1 N–H and O–H groups in total. The fourth-order valence-electron chi connectivity index (χ4n) is 1.57. The zero-order valence-electron chi connectivity index (χ0n) is 9.56. The minimum Gasteiger partial charge on any atom is -0.378 e. The summed E-state index contributed by atoms with van der Waals surface area (Å²) in [5.74, 6) is -0.346. The van der Waals surface area contributed by atoms with Crippen molar-refractivity contribution in [2.45, 2.75) is 0 Å². The van der Waals surface area contributed by atoms with Gasteiger partial charge in [-0.3, -0.25) is 4.79 Å². The van der Waals surface area contributed by atoms with Crippen LogP contribution in [-0.2, 0) is 9.53 Å². The van der Waals surface area contributed by atoms with Gasteiger partial charge in [-0.05, 0) is 12.1 Å². The number of carbonyl (C=O) groups is 1. The van der Waals surface area contributed by atoms with Gasteiger partial charge in [0.05, 0.1) is 18.9 Å². The van der Waals surface area contributed by atoms with E-state index in [-0.39, 0.29) is 16.0 Å². The van der Waals surface area contributed by atoms with Gasteiger partial charge in [-0.2, -0.15) is 0 Å². The molecule has 0 aromatic carbocycles. The van der Waals surface area contributed by atoms with Crippen molar-refractivity contribution < 1.29 is 9.53 Å². The first-order valence-electron chi connectivity index (χ1n) is 5.47. The maximum Gasteiger partial charge on any atom is 0.283 e. The first kappa shape index (κ1) is 13.2. The highest BCUT2D eigenvalue weighted by atomic mass is 35.5. The monoisotopic (exact) mass is 285 g/mol. The van der Waals surface area contributed by atoms with Crippen LogP contribution in [0.4, 0.5) is 5.69 Å². The van der Waals surface area contributed by atoms with Crippen LogP contribution in [0.1, 0.15) is 0 Å². The molecule has 0 saturated carbocycles. The van der Waals surface area contributed by atoms with Gasteiger partial charge in [0.1, 0.15) is 0 Å². The van der Waals surface area contributed by atoms with Crippen molar-refractivity contribution in [3.8, 4) is 0 Å². The topological polar surface area (TPSA) is 54.5 Å². The number of thiocarbonyl (C=S) groups is 1. The summed E-state index contributed by atoms with van der Waals surface area (Å²) in [6.07, 6.45) is 1.55. The Balaban J connectivity index is 1.99. The van der Waals surface area contributed by atoms with Gasteiger partial charge in [0.15, 0.2) is 10.1 Å². The third kappa shape index (κ3) is 3.16. The second kappa shape index (κ2) is 6.08. The molecule has 1 aromatic heterocycles. The molecule has 0 bridgehead atoms. The van der Waals surface area contributed by atoms with Crippen molar-refractivity contribution in [3.05, 3.63) is 23.5 Å². The molecule has 0 unspecified atom stereocenters. The van der Waals surface area contributed by atoms with E-state index in [1.165, 1.54) is 0 Å². The zero-order chi connectivity index (χ0) is 13.0. The Labute approximate surface area is 115 Å². The lowest BCUT2D eigenvalue weighted by molar-refractivity contribution is -0.111. The number of hydrogen-bond donors (Lipinski definition) is 1. The number of amides is 1. The summed E-state index contributed by atoms with van der Waals surface area (Å²) in [7, 11) is 0. The first-order valence-corrected chi connectivity index (χ1v) is 6.25.